The van der Waals surface area contributed by atoms with E-state index < -0.39 is 0 Å². The van der Waals surface area contributed by atoms with Crippen molar-refractivity contribution in [2.75, 3.05) is 25.2 Å². The van der Waals surface area contributed by atoms with Crippen molar-refractivity contribution in [3.05, 3.63) is 29.8 Å². The number of nitrogens with two attached hydrogens (primary N) is 1. The van der Waals surface area contributed by atoms with Gasteiger partial charge in [0.15, 0.2) is 0 Å². The summed E-state index contributed by atoms with van der Waals surface area (Å²) in [6.07, 6.45) is 2.58. The Morgan fingerprint density at radius 2 is 2.12 bits per heavy atom. The summed E-state index contributed by atoms with van der Waals surface area (Å²) in [6, 6.07) is 9.21. The molecule has 0 spiro atoms. The van der Waals surface area contributed by atoms with Gasteiger partial charge in [-0.1, -0.05) is 18.2 Å². The zero-order valence-corrected chi connectivity index (χ0v) is 10.7. The fourth-order valence-electron chi connectivity index (χ4n) is 2.21. The van der Waals surface area contributed by atoms with Crippen molar-refractivity contribution in [1.82, 2.24) is 0 Å². The van der Waals surface area contributed by atoms with Gasteiger partial charge in [-0.15, -0.1) is 0 Å². The molecule has 1 saturated carbocycles. The molecular formula is C14H22N2O. The summed E-state index contributed by atoms with van der Waals surface area (Å²) in [7, 11) is 1.75. The van der Waals surface area contributed by atoms with Crippen molar-refractivity contribution in [3.63, 3.8) is 0 Å². The van der Waals surface area contributed by atoms with Crippen LogP contribution >= 0.6 is 0 Å². The summed E-state index contributed by atoms with van der Waals surface area (Å²) in [6.45, 7) is 3.76. The molecule has 17 heavy (non-hydrogen) atoms. The molecule has 0 unspecified atom stereocenters. The minimum atomic E-state index is 0.0787. The largest absolute Gasteiger partial charge is 0.383 e. The van der Waals surface area contributed by atoms with E-state index in [-0.39, 0.29) is 6.04 Å². The lowest BCUT2D eigenvalue weighted by Gasteiger charge is -2.28. The van der Waals surface area contributed by atoms with Crippen molar-refractivity contribution in [1.29, 1.82) is 0 Å². The average molecular weight is 234 g/mol. The standard InChI is InChI=1S/C14H22N2O/c1-11(15)13-5-3-4-6-14(13)16(9-10-17-2)12-7-8-12/h3-6,11-12H,7-10,15H2,1-2H3/t11-/m0/s1. The molecule has 0 heterocycles. The SMILES string of the molecule is COCCN(c1ccccc1[C@H](C)N)C1CC1. The van der Waals surface area contributed by atoms with Crippen molar-refractivity contribution in [2.24, 2.45) is 5.73 Å². The minimum Gasteiger partial charge on any atom is -0.383 e. The minimum absolute atomic E-state index is 0.0787. The van der Waals surface area contributed by atoms with Gasteiger partial charge >= 0.3 is 0 Å². The molecule has 0 aliphatic heterocycles. The number of para-hydroxylation sites is 1. The fraction of sp³-hybridized carbons (Fsp3) is 0.571. The lowest BCUT2D eigenvalue weighted by Crippen LogP contribution is -2.31. The van der Waals surface area contributed by atoms with Crippen LogP contribution in [0.15, 0.2) is 24.3 Å². The molecule has 0 bridgehead atoms. The van der Waals surface area contributed by atoms with Gasteiger partial charge in [-0.2, -0.15) is 0 Å². The van der Waals surface area contributed by atoms with Gasteiger partial charge in [0.2, 0.25) is 0 Å². The predicted molar refractivity (Wildman–Crippen MR) is 71.3 cm³/mol. The average Bonchev–Trinajstić information content (AvgIpc) is 3.14. The van der Waals surface area contributed by atoms with Crippen LogP contribution < -0.4 is 10.6 Å². The summed E-state index contributed by atoms with van der Waals surface area (Å²) in [4.78, 5) is 2.45. The molecule has 1 aliphatic carbocycles. The number of rotatable bonds is 6. The number of methoxy groups -OCH3 is 1. The third kappa shape index (κ3) is 2.99. The Hall–Kier alpha value is -1.06. The first kappa shape index (κ1) is 12.4. The van der Waals surface area contributed by atoms with Crippen LogP contribution in [0.3, 0.4) is 0 Å². The van der Waals surface area contributed by atoms with Crippen LogP contribution in [0, 0.1) is 0 Å². The van der Waals surface area contributed by atoms with E-state index in [1.165, 1.54) is 24.1 Å². The highest BCUT2D eigenvalue weighted by Gasteiger charge is 2.30. The highest BCUT2D eigenvalue weighted by atomic mass is 16.5. The van der Waals surface area contributed by atoms with Crippen LogP contribution in [0.4, 0.5) is 5.69 Å². The van der Waals surface area contributed by atoms with Crippen LogP contribution in [0.1, 0.15) is 31.4 Å². The number of hydrogen-bond acceptors (Lipinski definition) is 3. The van der Waals surface area contributed by atoms with E-state index in [4.69, 9.17) is 10.5 Å². The van der Waals surface area contributed by atoms with Gasteiger partial charge in [-0.25, -0.2) is 0 Å². The Morgan fingerprint density at radius 3 is 2.71 bits per heavy atom. The molecule has 1 aromatic rings. The van der Waals surface area contributed by atoms with Gasteiger partial charge in [0.05, 0.1) is 6.61 Å². The number of hydrogen-bond donors (Lipinski definition) is 1. The third-order valence-electron chi connectivity index (χ3n) is 3.26. The van der Waals surface area contributed by atoms with Crippen LogP contribution in [0.2, 0.25) is 0 Å². The number of ether oxygens (including phenoxy) is 1. The molecule has 1 aromatic carbocycles. The van der Waals surface area contributed by atoms with Gasteiger partial charge < -0.3 is 15.4 Å². The van der Waals surface area contributed by atoms with Gasteiger partial charge in [0.1, 0.15) is 0 Å². The van der Waals surface area contributed by atoms with Crippen LogP contribution in [-0.4, -0.2) is 26.3 Å². The molecule has 1 fully saturated rings. The molecule has 2 rings (SSSR count). The maximum Gasteiger partial charge on any atom is 0.0637 e. The van der Waals surface area contributed by atoms with E-state index in [1.54, 1.807) is 7.11 Å². The van der Waals surface area contributed by atoms with Gasteiger partial charge in [0.25, 0.3) is 0 Å². The van der Waals surface area contributed by atoms with Crippen molar-refractivity contribution >= 4 is 5.69 Å². The molecule has 3 nitrogen and oxygen atoms in total. The summed E-state index contributed by atoms with van der Waals surface area (Å²) >= 11 is 0. The lowest BCUT2D eigenvalue weighted by atomic mass is 10.1. The van der Waals surface area contributed by atoms with Crippen molar-refractivity contribution < 1.29 is 4.74 Å². The molecule has 0 saturated heterocycles. The van der Waals surface area contributed by atoms with Crippen LogP contribution in [0.5, 0.6) is 0 Å². The summed E-state index contributed by atoms with van der Waals surface area (Å²) in [5.41, 5.74) is 8.56. The smallest absolute Gasteiger partial charge is 0.0637 e. The Morgan fingerprint density at radius 1 is 1.41 bits per heavy atom. The van der Waals surface area contributed by atoms with Gasteiger partial charge in [-0.05, 0) is 31.4 Å². The predicted octanol–water partition coefficient (Wildman–Crippen LogP) is 2.32. The monoisotopic (exact) mass is 234 g/mol. The highest BCUT2D eigenvalue weighted by Crippen LogP contribution is 2.34. The third-order valence-corrected chi connectivity index (χ3v) is 3.26. The Balaban J connectivity index is 2.22. The van der Waals surface area contributed by atoms with Crippen molar-refractivity contribution in [3.8, 4) is 0 Å². The summed E-state index contributed by atoms with van der Waals surface area (Å²) < 4.78 is 5.20. The van der Waals surface area contributed by atoms with E-state index >= 15 is 0 Å². The van der Waals surface area contributed by atoms with Gasteiger partial charge in [-0.3, -0.25) is 0 Å². The second-order valence-electron chi connectivity index (χ2n) is 4.76. The normalized spacial score (nSPS) is 16.9. The summed E-state index contributed by atoms with van der Waals surface area (Å²) in [5, 5.41) is 0. The molecule has 0 radical (unpaired) electrons. The number of nitrogens with zero attached hydrogens (tertiary/aromatic N) is 1. The molecule has 94 valence electrons. The van der Waals surface area contributed by atoms with E-state index in [2.05, 4.69) is 29.2 Å². The Kier molecular flexibility index (Phi) is 4.02. The van der Waals surface area contributed by atoms with E-state index in [1.807, 2.05) is 6.92 Å². The second kappa shape index (κ2) is 5.52. The van der Waals surface area contributed by atoms with E-state index in [9.17, 15) is 0 Å². The molecule has 1 atom stereocenters. The molecule has 0 aromatic heterocycles. The first-order chi connectivity index (χ1) is 8.24. The second-order valence-corrected chi connectivity index (χ2v) is 4.76. The molecule has 0 amide bonds. The van der Waals surface area contributed by atoms with E-state index in [0.717, 1.165) is 13.2 Å². The first-order valence-electron chi connectivity index (χ1n) is 6.34. The summed E-state index contributed by atoms with van der Waals surface area (Å²) in [5.74, 6) is 0. The topological polar surface area (TPSA) is 38.5 Å². The maximum absolute atomic E-state index is 6.04. The van der Waals surface area contributed by atoms with Crippen LogP contribution in [-0.2, 0) is 4.74 Å². The maximum atomic E-state index is 6.04. The molecule has 3 heteroatoms. The number of anilines is 1. The fourth-order valence-corrected chi connectivity index (χ4v) is 2.21. The lowest BCUT2D eigenvalue weighted by molar-refractivity contribution is 0.205. The Labute approximate surface area is 104 Å². The molecule has 1 aliphatic rings. The zero-order valence-electron chi connectivity index (χ0n) is 10.7. The zero-order chi connectivity index (χ0) is 12.3. The van der Waals surface area contributed by atoms with Crippen LogP contribution in [0.25, 0.3) is 0 Å². The van der Waals surface area contributed by atoms with Gasteiger partial charge in [0, 0.05) is 31.4 Å². The molecular weight excluding hydrogens is 212 g/mol. The quantitative estimate of drug-likeness (QED) is 0.821. The first-order valence-corrected chi connectivity index (χ1v) is 6.34. The Bertz CT molecular complexity index is 361. The number of benzene rings is 1. The molecule has 2 N–H and O–H groups in total. The van der Waals surface area contributed by atoms with Crippen molar-refractivity contribution in [2.45, 2.75) is 31.8 Å². The highest BCUT2D eigenvalue weighted by molar-refractivity contribution is 5.56. The van der Waals surface area contributed by atoms with E-state index in [0.29, 0.717) is 6.04 Å².